The average molecular weight is 232 g/mol. The first-order valence-electron chi connectivity index (χ1n) is 6.45. The van der Waals surface area contributed by atoms with Crippen molar-refractivity contribution in [3.8, 4) is 0 Å². The summed E-state index contributed by atoms with van der Waals surface area (Å²) < 4.78 is 5.32. The van der Waals surface area contributed by atoms with Crippen molar-refractivity contribution in [1.82, 2.24) is 0 Å². The number of ketones is 1. The molecule has 0 saturated heterocycles. The van der Waals surface area contributed by atoms with Crippen LogP contribution in [0, 0.1) is 0 Å². The summed E-state index contributed by atoms with van der Waals surface area (Å²) in [7, 11) is 0. The molecule has 0 radical (unpaired) electrons. The zero-order valence-electron chi connectivity index (χ0n) is 10.7. The van der Waals surface area contributed by atoms with Crippen molar-refractivity contribution in [3.05, 3.63) is 34.9 Å². The van der Waals surface area contributed by atoms with Crippen molar-refractivity contribution in [2.45, 2.75) is 45.6 Å². The quantitative estimate of drug-likeness (QED) is 0.780. The van der Waals surface area contributed by atoms with Gasteiger partial charge in [-0.3, -0.25) is 4.79 Å². The predicted molar refractivity (Wildman–Crippen MR) is 68.3 cm³/mol. The zero-order chi connectivity index (χ0) is 12.3. The number of aryl methyl sites for hydroxylation is 2. The molecule has 1 atom stereocenters. The van der Waals surface area contributed by atoms with Crippen LogP contribution in [0.3, 0.4) is 0 Å². The first-order valence-corrected chi connectivity index (χ1v) is 6.45. The van der Waals surface area contributed by atoms with Crippen molar-refractivity contribution in [2.24, 2.45) is 0 Å². The van der Waals surface area contributed by atoms with Gasteiger partial charge in [-0.1, -0.05) is 18.2 Å². The van der Waals surface area contributed by atoms with Crippen LogP contribution in [0.1, 0.15) is 37.0 Å². The molecule has 1 aromatic rings. The van der Waals surface area contributed by atoms with Crippen LogP contribution in [-0.2, 0) is 28.8 Å². The summed E-state index contributed by atoms with van der Waals surface area (Å²) in [6, 6.07) is 6.45. The Labute approximate surface area is 103 Å². The van der Waals surface area contributed by atoms with Crippen LogP contribution in [0.4, 0.5) is 0 Å². The second kappa shape index (κ2) is 5.46. The molecule has 0 aliphatic heterocycles. The third-order valence-electron chi connectivity index (χ3n) is 3.41. The number of carbonyl (C=O) groups is 1. The summed E-state index contributed by atoms with van der Waals surface area (Å²) in [5.74, 6) is 0.171. The van der Waals surface area contributed by atoms with Crippen LogP contribution in [-0.4, -0.2) is 18.5 Å². The highest BCUT2D eigenvalue weighted by molar-refractivity contribution is 5.84. The van der Waals surface area contributed by atoms with Gasteiger partial charge in [-0.15, -0.1) is 0 Å². The van der Waals surface area contributed by atoms with E-state index in [2.05, 4.69) is 18.2 Å². The van der Waals surface area contributed by atoms with Gasteiger partial charge in [0.2, 0.25) is 0 Å². The van der Waals surface area contributed by atoms with Gasteiger partial charge in [0.25, 0.3) is 0 Å². The Bertz CT molecular complexity index is 409. The summed E-state index contributed by atoms with van der Waals surface area (Å²) in [4.78, 5) is 11.9. The molecule has 0 fully saturated rings. The Balaban J connectivity index is 2.01. The number of hydrogen-bond acceptors (Lipinski definition) is 2. The fourth-order valence-corrected chi connectivity index (χ4v) is 2.42. The lowest BCUT2D eigenvalue weighted by Crippen LogP contribution is -2.22. The molecular formula is C15H20O2. The SMILES string of the molecule is CCOC(C)C(=O)Cc1ccc2c(c1)CCC2. The molecule has 2 nitrogen and oxygen atoms in total. The lowest BCUT2D eigenvalue weighted by molar-refractivity contribution is -0.128. The van der Waals surface area contributed by atoms with E-state index in [1.54, 1.807) is 0 Å². The monoisotopic (exact) mass is 232 g/mol. The lowest BCUT2D eigenvalue weighted by atomic mass is 10.0. The first-order chi connectivity index (χ1) is 8.20. The number of benzene rings is 1. The molecule has 1 unspecified atom stereocenters. The van der Waals surface area contributed by atoms with Crippen LogP contribution in [0.5, 0.6) is 0 Å². The highest BCUT2D eigenvalue weighted by Gasteiger charge is 2.15. The maximum Gasteiger partial charge on any atom is 0.165 e. The normalized spacial score (nSPS) is 15.6. The molecule has 0 saturated carbocycles. The molecular weight excluding hydrogens is 212 g/mol. The number of Topliss-reactive ketones (excluding diaryl/α,β-unsaturated/α-hetero) is 1. The van der Waals surface area contributed by atoms with Crippen molar-refractivity contribution in [1.29, 1.82) is 0 Å². The number of carbonyl (C=O) groups excluding carboxylic acids is 1. The van der Waals surface area contributed by atoms with E-state index in [4.69, 9.17) is 4.74 Å². The zero-order valence-corrected chi connectivity index (χ0v) is 10.7. The van der Waals surface area contributed by atoms with Gasteiger partial charge < -0.3 is 4.74 Å². The molecule has 1 aliphatic carbocycles. The van der Waals surface area contributed by atoms with Gasteiger partial charge in [0.15, 0.2) is 5.78 Å². The minimum atomic E-state index is -0.284. The topological polar surface area (TPSA) is 26.3 Å². The standard InChI is InChI=1S/C15H20O2/c1-3-17-11(2)15(16)10-12-7-8-13-5-4-6-14(13)9-12/h7-9,11H,3-6,10H2,1-2H3. The molecule has 0 amide bonds. The van der Waals surface area contributed by atoms with Gasteiger partial charge in [-0.25, -0.2) is 0 Å². The molecule has 0 heterocycles. The van der Waals surface area contributed by atoms with Crippen LogP contribution in [0.25, 0.3) is 0 Å². The molecule has 17 heavy (non-hydrogen) atoms. The van der Waals surface area contributed by atoms with E-state index >= 15 is 0 Å². The molecule has 0 bridgehead atoms. The molecule has 2 heteroatoms. The van der Waals surface area contributed by atoms with E-state index in [9.17, 15) is 4.79 Å². The van der Waals surface area contributed by atoms with E-state index in [-0.39, 0.29) is 11.9 Å². The van der Waals surface area contributed by atoms with E-state index < -0.39 is 0 Å². The number of fused-ring (bicyclic) bond motifs is 1. The van der Waals surface area contributed by atoms with Crippen molar-refractivity contribution >= 4 is 5.78 Å². The number of ether oxygens (including phenoxy) is 1. The second-order valence-corrected chi connectivity index (χ2v) is 4.70. The van der Waals surface area contributed by atoms with Crippen LogP contribution >= 0.6 is 0 Å². The maximum atomic E-state index is 11.9. The summed E-state index contributed by atoms with van der Waals surface area (Å²) in [6.45, 7) is 4.34. The summed E-state index contributed by atoms with van der Waals surface area (Å²) in [5.41, 5.74) is 4.01. The molecule has 92 valence electrons. The molecule has 0 N–H and O–H groups in total. The van der Waals surface area contributed by atoms with E-state index in [1.165, 1.54) is 30.4 Å². The molecule has 0 spiro atoms. The first kappa shape index (κ1) is 12.3. The van der Waals surface area contributed by atoms with E-state index in [0.717, 1.165) is 5.56 Å². The van der Waals surface area contributed by atoms with Crippen molar-refractivity contribution in [2.75, 3.05) is 6.61 Å². The summed E-state index contributed by atoms with van der Waals surface area (Å²) in [6.07, 6.45) is 3.82. The Kier molecular flexibility index (Phi) is 3.95. The van der Waals surface area contributed by atoms with E-state index in [0.29, 0.717) is 13.0 Å². The lowest BCUT2D eigenvalue weighted by Gasteiger charge is -2.11. The fraction of sp³-hybridized carbons (Fsp3) is 0.533. The third kappa shape index (κ3) is 2.95. The van der Waals surface area contributed by atoms with Crippen LogP contribution in [0.15, 0.2) is 18.2 Å². The van der Waals surface area contributed by atoms with Gasteiger partial charge in [0.05, 0.1) is 0 Å². The van der Waals surface area contributed by atoms with Crippen LogP contribution in [0.2, 0.25) is 0 Å². The predicted octanol–water partition coefficient (Wildman–Crippen LogP) is 2.71. The van der Waals surface area contributed by atoms with Crippen molar-refractivity contribution in [3.63, 3.8) is 0 Å². The Morgan fingerprint density at radius 3 is 2.88 bits per heavy atom. The van der Waals surface area contributed by atoms with E-state index in [1.807, 2.05) is 13.8 Å². The smallest absolute Gasteiger partial charge is 0.165 e. The highest BCUT2D eigenvalue weighted by atomic mass is 16.5. The largest absolute Gasteiger partial charge is 0.371 e. The fourth-order valence-electron chi connectivity index (χ4n) is 2.42. The maximum absolute atomic E-state index is 11.9. The summed E-state index contributed by atoms with van der Waals surface area (Å²) >= 11 is 0. The minimum Gasteiger partial charge on any atom is -0.371 e. The van der Waals surface area contributed by atoms with Gasteiger partial charge in [0, 0.05) is 13.0 Å². The minimum absolute atomic E-state index is 0.171. The molecule has 1 aliphatic rings. The van der Waals surface area contributed by atoms with Gasteiger partial charge in [-0.05, 0) is 49.8 Å². The number of hydrogen-bond donors (Lipinski definition) is 0. The molecule has 0 aromatic heterocycles. The van der Waals surface area contributed by atoms with Crippen molar-refractivity contribution < 1.29 is 9.53 Å². The van der Waals surface area contributed by atoms with Gasteiger partial charge in [0.1, 0.15) is 6.10 Å². The highest BCUT2D eigenvalue weighted by Crippen LogP contribution is 2.23. The Morgan fingerprint density at radius 2 is 2.12 bits per heavy atom. The summed E-state index contributed by atoms with van der Waals surface area (Å²) in [5, 5.41) is 0. The second-order valence-electron chi connectivity index (χ2n) is 4.70. The Hall–Kier alpha value is -1.15. The molecule has 1 aromatic carbocycles. The average Bonchev–Trinajstić information content (AvgIpc) is 2.76. The Morgan fingerprint density at radius 1 is 1.35 bits per heavy atom. The number of rotatable bonds is 5. The molecule has 2 rings (SSSR count). The van der Waals surface area contributed by atoms with Gasteiger partial charge >= 0.3 is 0 Å². The van der Waals surface area contributed by atoms with Crippen LogP contribution < -0.4 is 0 Å². The third-order valence-corrected chi connectivity index (χ3v) is 3.41. The van der Waals surface area contributed by atoms with Gasteiger partial charge in [-0.2, -0.15) is 0 Å².